The number of carbonyl (C=O) groups excluding carboxylic acids is 1. The standard InChI is InChI=1S/C21H20ClFN4O/c22-16-3-1-2-15(12-16)21(28)24-18-8-10-27(11-9-18)20-13-19(25-26-20)14-4-6-17(23)7-5-14/h1-7,12-13,18H,8-11H2,(H,24,28)(H,25,26). The molecule has 4 rings (SSSR count). The van der Waals surface area contributed by atoms with Crippen molar-refractivity contribution >= 4 is 23.3 Å². The Labute approximate surface area is 167 Å². The Morgan fingerprint density at radius 1 is 1.14 bits per heavy atom. The average Bonchev–Trinajstić information content (AvgIpc) is 3.19. The predicted octanol–water partition coefficient (Wildman–Crippen LogP) is 4.27. The fourth-order valence-corrected chi connectivity index (χ4v) is 3.59. The van der Waals surface area contributed by atoms with E-state index in [0.29, 0.717) is 10.6 Å². The normalized spacial score (nSPS) is 14.9. The number of aromatic nitrogens is 2. The highest BCUT2D eigenvalue weighted by Gasteiger charge is 2.23. The maximum atomic E-state index is 13.1. The summed E-state index contributed by atoms with van der Waals surface area (Å²) in [5.74, 6) is 0.503. The lowest BCUT2D eigenvalue weighted by molar-refractivity contribution is 0.0931. The summed E-state index contributed by atoms with van der Waals surface area (Å²) in [5, 5.41) is 11.0. The number of halogens is 2. The van der Waals surface area contributed by atoms with Gasteiger partial charge in [0, 0.05) is 35.8 Å². The summed E-state index contributed by atoms with van der Waals surface area (Å²) in [4.78, 5) is 14.6. The van der Waals surface area contributed by atoms with E-state index in [2.05, 4.69) is 20.4 Å². The number of nitrogens with one attached hydrogen (secondary N) is 2. The van der Waals surface area contributed by atoms with Crippen LogP contribution in [0.5, 0.6) is 0 Å². The third kappa shape index (κ3) is 4.17. The molecule has 1 aliphatic heterocycles. The Balaban J connectivity index is 1.34. The molecule has 0 aliphatic carbocycles. The lowest BCUT2D eigenvalue weighted by Gasteiger charge is -2.32. The molecule has 1 aromatic heterocycles. The van der Waals surface area contributed by atoms with Crippen LogP contribution in [-0.4, -0.2) is 35.2 Å². The summed E-state index contributed by atoms with van der Waals surface area (Å²) in [5.41, 5.74) is 2.32. The van der Waals surface area contributed by atoms with Crippen molar-refractivity contribution in [3.63, 3.8) is 0 Å². The van der Waals surface area contributed by atoms with Crippen LogP contribution in [0.15, 0.2) is 54.6 Å². The van der Waals surface area contributed by atoms with Gasteiger partial charge in [-0.1, -0.05) is 17.7 Å². The van der Waals surface area contributed by atoms with Crippen molar-refractivity contribution in [1.82, 2.24) is 15.5 Å². The number of piperidine rings is 1. The van der Waals surface area contributed by atoms with Crippen molar-refractivity contribution in [3.8, 4) is 11.3 Å². The monoisotopic (exact) mass is 398 g/mol. The van der Waals surface area contributed by atoms with Crippen LogP contribution in [0.3, 0.4) is 0 Å². The van der Waals surface area contributed by atoms with Crippen LogP contribution in [-0.2, 0) is 0 Å². The van der Waals surface area contributed by atoms with Crippen molar-refractivity contribution in [2.45, 2.75) is 18.9 Å². The quantitative estimate of drug-likeness (QED) is 0.690. The SMILES string of the molecule is O=C(NC1CCN(c2cc(-c3ccc(F)cc3)[nH]n2)CC1)c1cccc(Cl)c1. The van der Waals surface area contributed by atoms with Gasteiger partial charge >= 0.3 is 0 Å². The highest BCUT2D eigenvalue weighted by molar-refractivity contribution is 6.30. The van der Waals surface area contributed by atoms with E-state index >= 15 is 0 Å². The van der Waals surface area contributed by atoms with Crippen molar-refractivity contribution in [2.24, 2.45) is 0 Å². The number of rotatable bonds is 4. The molecule has 0 radical (unpaired) electrons. The number of hydrogen-bond acceptors (Lipinski definition) is 3. The molecule has 2 aromatic carbocycles. The van der Waals surface area contributed by atoms with Gasteiger partial charge in [-0.05, 0) is 60.9 Å². The molecule has 7 heteroatoms. The van der Waals surface area contributed by atoms with E-state index in [4.69, 9.17) is 11.6 Å². The summed E-state index contributed by atoms with van der Waals surface area (Å²) in [6, 6.07) is 15.4. The van der Waals surface area contributed by atoms with Crippen molar-refractivity contribution < 1.29 is 9.18 Å². The second-order valence-electron chi connectivity index (χ2n) is 6.89. The highest BCUT2D eigenvalue weighted by Crippen LogP contribution is 2.24. The number of hydrogen-bond donors (Lipinski definition) is 2. The van der Waals surface area contributed by atoms with Crippen LogP contribution in [0.25, 0.3) is 11.3 Å². The number of aromatic amines is 1. The summed E-state index contributed by atoms with van der Waals surface area (Å²) in [7, 11) is 0. The Morgan fingerprint density at radius 2 is 1.89 bits per heavy atom. The molecule has 1 amide bonds. The first-order valence-corrected chi connectivity index (χ1v) is 9.59. The molecule has 0 bridgehead atoms. The van der Waals surface area contributed by atoms with Gasteiger partial charge in [-0.15, -0.1) is 0 Å². The van der Waals surface area contributed by atoms with Gasteiger partial charge in [-0.25, -0.2) is 4.39 Å². The van der Waals surface area contributed by atoms with Crippen LogP contribution < -0.4 is 10.2 Å². The molecule has 2 heterocycles. The summed E-state index contributed by atoms with van der Waals surface area (Å²) >= 11 is 5.96. The van der Waals surface area contributed by atoms with Crippen LogP contribution >= 0.6 is 11.6 Å². The van der Waals surface area contributed by atoms with Crippen molar-refractivity contribution in [3.05, 3.63) is 71.0 Å². The second kappa shape index (κ2) is 8.02. The Bertz CT molecular complexity index is 965. The van der Waals surface area contributed by atoms with Gasteiger partial charge in [0.15, 0.2) is 5.82 Å². The number of anilines is 1. The smallest absolute Gasteiger partial charge is 0.251 e. The first-order valence-electron chi connectivity index (χ1n) is 9.21. The van der Waals surface area contributed by atoms with Gasteiger partial charge in [0.25, 0.3) is 5.91 Å². The van der Waals surface area contributed by atoms with Crippen molar-refractivity contribution in [1.29, 1.82) is 0 Å². The van der Waals surface area contributed by atoms with E-state index in [1.54, 1.807) is 36.4 Å². The number of carbonyl (C=O) groups is 1. The minimum Gasteiger partial charge on any atom is -0.355 e. The topological polar surface area (TPSA) is 61.0 Å². The van der Waals surface area contributed by atoms with Gasteiger partial charge < -0.3 is 10.2 Å². The number of H-pyrrole nitrogens is 1. The first kappa shape index (κ1) is 18.5. The van der Waals surface area contributed by atoms with Gasteiger partial charge in [0.1, 0.15) is 5.82 Å². The van der Waals surface area contributed by atoms with Crippen LogP contribution in [0.1, 0.15) is 23.2 Å². The molecular weight excluding hydrogens is 379 g/mol. The molecule has 144 valence electrons. The highest BCUT2D eigenvalue weighted by atomic mass is 35.5. The molecule has 0 spiro atoms. The minimum absolute atomic E-state index is 0.0979. The number of amides is 1. The molecular formula is C21H20ClFN4O. The zero-order valence-electron chi connectivity index (χ0n) is 15.2. The number of benzene rings is 2. The Kier molecular flexibility index (Phi) is 5.30. The molecule has 0 atom stereocenters. The summed E-state index contributed by atoms with van der Waals surface area (Å²) in [6.07, 6.45) is 1.68. The second-order valence-corrected chi connectivity index (χ2v) is 7.33. The van der Waals surface area contributed by atoms with E-state index in [0.717, 1.165) is 43.0 Å². The van der Waals surface area contributed by atoms with Crippen LogP contribution in [0, 0.1) is 5.82 Å². The fourth-order valence-electron chi connectivity index (χ4n) is 3.40. The van der Waals surface area contributed by atoms with Gasteiger partial charge in [0.2, 0.25) is 0 Å². The van der Waals surface area contributed by atoms with Crippen LogP contribution in [0.2, 0.25) is 5.02 Å². The lowest BCUT2D eigenvalue weighted by atomic mass is 10.0. The zero-order chi connectivity index (χ0) is 19.5. The van der Waals surface area contributed by atoms with Gasteiger partial charge in [-0.2, -0.15) is 5.10 Å². The maximum Gasteiger partial charge on any atom is 0.251 e. The Morgan fingerprint density at radius 3 is 2.61 bits per heavy atom. The molecule has 0 saturated carbocycles. The minimum atomic E-state index is -0.259. The van der Waals surface area contributed by atoms with E-state index in [9.17, 15) is 9.18 Å². The summed E-state index contributed by atoms with van der Waals surface area (Å²) in [6.45, 7) is 1.60. The van der Waals surface area contributed by atoms with Gasteiger partial charge in [-0.3, -0.25) is 9.89 Å². The predicted molar refractivity (Wildman–Crippen MR) is 108 cm³/mol. The largest absolute Gasteiger partial charge is 0.355 e. The molecule has 28 heavy (non-hydrogen) atoms. The van der Waals surface area contributed by atoms with E-state index in [-0.39, 0.29) is 17.8 Å². The average molecular weight is 399 g/mol. The molecule has 1 saturated heterocycles. The van der Waals surface area contributed by atoms with E-state index < -0.39 is 0 Å². The lowest BCUT2D eigenvalue weighted by Crippen LogP contribution is -2.44. The van der Waals surface area contributed by atoms with Crippen molar-refractivity contribution in [2.75, 3.05) is 18.0 Å². The van der Waals surface area contributed by atoms with E-state index in [1.165, 1.54) is 12.1 Å². The fraction of sp³-hybridized carbons (Fsp3) is 0.238. The number of nitrogens with zero attached hydrogens (tertiary/aromatic N) is 2. The third-order valence-corrected chi connectivity index (χ3v) is 5.20. The molecule has 5 nitrogen and oxygen atoms in total. The maximum absolute atomic E-state index is 13.1. The molecule has 1 aliphatic rings. The molecule has 2 N–H and O–H groups in total. The first-order chi connectivity index (χ1) is 13.6. The Hall–Kier alpha value is -2.86. The summed E-state index contributed by atoms with van der Waals surface area (Å²) < 4.78 is 13.1. The zero-order valence-corrected chi connectivity index (χ0v) is 15.9. The molecule has 0 unspecified atom stereocenters. The molecule has 3 aromatic rings. The van der Waals surface area contributed by atoms with Gasteiger partial charge in [0.05, 0.1) is 5.69 Å². The van der Waals surface area contributed by atoms with E-state index in [1.807, 2.05) is 6.07 Å². The van der Waals surface area contributed by atoms with Crippen LogP contribution in [0.4, 0.5) is 10.2 Å². The molecule has 1 fully saturated rings. The third-order valence-electron chi connectivity index (χ3n) is 4.96.